The summed E-state index contributed by atoms with van der Waals surface area (Å²) in [6.07, 6.45) is 0. The molecule has 0 aliphatic carbocycles. The van der Waals surface area contributed by atoms with Gasteiger partial charge < -0.3 is 10.2 Å². The van der Waals surface area contributed by atoms with Crippen LogP contribution in [-0.2, 0) is 6.54 Å². The molecule has 0 bridgehead atoms. The summed E-state index contributed by atoms with van der Waals surface area (Å²) in [5.74, 6) is 1.32. The lowest BCUT2D eigenvalue weighted by molar-refractivity contribution is 0.551. The van der Waals surface area contributed by atoms with Crippen molar-refractivity contribution in [3.8, 4) is 11.5 Å². The molecule has 2 N–H and O–H groups in total. The molecule has 0 saturated heterocycles. The van der Waals surface area contributed by atoms with Crippen molar-refractivity contribution in [3.63, 3.8) is 0 Å². The summed E-state index contributed by atoms with van der Waals surface area (Å²) < 4.78 is 7.94. The van der Waals surface area contributed by atoms with Crippen LogP contribution in [0.15, 0.2) is 51.6 Å². The zero-order valence-electron chi connectivity index (χ0n) is 11.0. The Kier molecular flexibility index (Phi) is 3.36. The molecule has 2 heterocycles. The molecule has 0 unspecified atom stereocenters. The smallest absolute Gasteiger partial charge is 0.169 e. The number of hydrogen-bond donors (Lipinski definition) is 1. The Hall–Kier alpha value is -2.01. The highest BCUT2D eigenvalue weighted by Crippen LogP contribution is 2.25. The van der Waals surface area contributed by atoms with Crippen LogP contribution in [-0.4, -0.2) is 9.78 Å². The van der Waals surface area contributed by atoms with Crippen LogP contribution >= 0.6 is 15.9 Å². The van der Waals surface area contributed by atoms with E-state index in [4.69, 9.17) is 10.2 Å². The van der Waals surface area contributed by atoms with Gasteiger partial charge in [-0.1, -0.05) is 29.8 Å². The van der Waals surface area contributed by atoms with E-state index in [9.17, 15) is 0 Å². The van der Waals surface area contributed by atoms with Crippen molar-refractivity contribution < 1.29 is 4.42 Å². The quantitative estimate of drug-likeness (QED) is 0.793. The third-order valence-electron chi connectivity index (χ3n) is 3.09. The van der Waals surface area contributed by atoms with Crippen molar-refractivity contribution >= 4 is 21.7 Å². The van der Waals surface area contributed by atoms with E-state index in [1.807, 2.05) is 18.2 Å². The first-order valence-electron chi connectivity index (χ1n) is 6.26. The van der Waals surface area contributed by atoms with E-state index in [1.165, 1.54) is 5.56 Å². The SMILES string of the molecule is Cc1ccc(Cn2nc(-c3ccc(Br)o3)cc2N)cc1. The van der Waals surface area contributed by atoms with Crippen molar-refractivity contribution in [2.24, 2.45) is 0 Å². The molecule has 0 amide bonds. The van der Waals surface area contributed by atoms with Crippen LogP contribution in [0.3, 0.4) is 0 Å². The molecule has 0 saturated carbocycles. The molecule has 0 fully saturated rings. The fourth-order valence-corrected chi connectivity index (χ4v) is 2.30. The Labute approximate surface area is 125 Å². The minimum atomic E-state index is 0.619. The fourth-order valence-electron chi connectivity index (χ4n) is 2.00. The highest BCUT2D eigenvalue weighted by molar-refractivity contribution is 9.10. The first kappa shape index (κ1) is 13.0. The maximum Gasteiger partial charge on any atom is 0.169 e. The Morgan fingerprint density at radius 2 is 1.95 bits per heavy atom. The number of nitrogens with zero attached hydrogens (tertiary/aromatic N) is 2. The lowest BCUT2D eigenvalue weighted by atomic mass is 10.1. The van der Waals surface area contributed by atoms with Crippen molar-refractivity contribution in [2.45, 2.75) is 13.5 Å². The van der Waals surface area contributed by atoms with Gasteiger partial charge in [-0.05, 0) is 40.5 Å². The first-order chi connectivity index (χ1) is 9.61. The predicted octanol–water partition coefficient (Wildman–Crippen LogP) is 3.84. The van der Waals surface area contributed by atoms with Gasteiger partial charge in [-0.25, -0.2) is 4.68 Å². The monoisotopic (exact) mass is 331 g/mol. The van der Waals surface area contributed by atoms with Crippen LogP contribution in [0.4, 0.5) is 5.82 Å². The van der Waals surface area contributed by atoms with Crippen molar-refractivity contribution in [3.05, 3.63) is 58.3 Å². The van der Waals surface area contributed by atoms with E-state index in [-0.39, 0.29) is 0 Å². The summed E-state index contributed by atoms with van der Waals surface area (Å²) in [6.45, 7) is 2.72. The molecule has 1 aromatic carbocycles. The molecule has 0 aliphatic heterocycles. The van der Waals surface area contributed by atoms with Crippen LogP contribution in [0.25, 0.3) is 11.5 Å². The van der Waals surface area contributed by atoms with E-state index in [1.54, 1.807) is 4.68 Å². The van der Waals surface area contributed by atoms with Crippen molar-refractivity contribution in [1.82, 2.24) is 9.78 Å². The number of benzene rings is 1. The number of aryl methyl sites for hydroxylation is 1. The number of aromatic nitrogens is 2. The summed E-state index contributed by atoms with van der Waals surface area (Å²) >= 11 is 3.28. The van der Waals surface area contributed by atoms with Gasteiger partial charge in [0.1, 0.15) is 11.5 Å². The van der Waals surface area contributed by atoms with Gasteiger partial charge in [0.2, 0.25) is 0 Å². The van der Waals surface area contributed by atoms with E-state index in [2.05, 4.69) is 52.2 Å². The summed E-state index contributed by atoms with van der Waals surface area (Å²) in [7, 11) is 0. The second-order valence-electron chi connectivity index (χ2n) is 4.70. The second-order valence-corrected chi connectivity index (χ2v) is 5.48. The van der Waals surface area contributed by atoms with Gasteiger partial charge in [-0.3, -0.25) is 0 Å². The topological polar surface area (TPSA) is 57.0 Å². The highest BCUT2D eigenvalue weighted by Gasteiger charge is 2.10. The van der Waals surface area contributed by atoms with E-state index >= 15 is 0 Å². The number of hydrogen-bond acceptors (Lipinski definition) is 3. The molecule has 0 aliphatic rings. The Bertz CT molecular complexity index is 728. The first-order valence-corrected chi connectivity index (χ1v) is 7.06. The third kappa shape index (κ3) is 2.63. The molecule has 102 valence electrons. The summed E-state index contributed by atoms with van der Waals surface area (Å²) in [6, 6.07) is 13.9. The zero-order valence-corrected chi connectivity index (χ0v) is 12.6. The van der Waals surface area contributed by atoms with E-state index in [0.29, 0.717) is 22.8 Å². The van der Waals surface area contributed by atoms with Crippen LogP contribution in [0.2, 0.25) is 0 Å². The molecule has 0 atom stereocenters. The van der Waals surface area contributed by atoms with Gasteiger partial charge in [-0.15, -0.1) is 0 Å². The highest BCUT2D eigenvalue weighted by atomic mass is 79.9. The zero-order chi connectivity index (χ0) is 14.1. The normalized spacial score (nSPS) is 10.9. The summed E-state index contributed by atoms with van der Waals surface area (Å²) in [4.78, 5) is 0. The van der Waals surface area contributed by atoms with Gasteiger partial charge in [0.05, 0.1) is 6.54 Å². The number of nitrogens with two attached hydrogens (primary N) is 1. The largest absolute Gasteiger partial charge is 0.448 e. The van der Waals surface area contributed by atoms with Gasteiger partial charge in [0, 0.05) is 6.07 Å². The molecular formula is C15H14BrN3O. The van der Waals surface area contributed by atoms with Crippen LogP contribution in [0.5, 0.6) is 0 Å². The average molecular weight is 332 g/mol. The van der Waals surface area contributed by atoms with Gasteiger partial charge in [0.15, 0.2) is 10.4 Å². The standard InChI is InChI=1S/C15H14BrN3O/c1-10-2-4-11(5-3-10)9-19-15(17)8-12(18-19)13-6-7-14(16)20-13/h2-8H,9,17H2,1H3. The maximum absolute atomic E-state index is 6.01. The molecule has 0 spiro atoms. The lowest BCUT2D eigenvalue weighted by Gasteiger charge is -2.04. The number of anilines is 1. The Morgan fingerprint density at radius 3 is 2.60 bits per heavy atom. The lowest BCUT2D eigenvalue weighted by Crippen LogP contribution is -2.05. The average Bonchev–Trinajstić information content (AvgIpc) is 3.00. The minimum Gasteiger partial charge on any atom is -0.448 e. The predicted molar refractivity (Wildman–Crippen MR) is 82.3 cm³/mol. The van der Waals surface area contributed by atoms with Gasteiger partial charge in [-0.2, -0.15) is 5.10 Å². The molecular weight excluding hydrogens is 318 g/mol. The molecule has 5 heteroatoms. The molecule has 2 aromatic heterocycles. The van der Waals surface area contributed by atoms with Crippen LogP contribution in [0, 0.1) is 6.92 Å². The van der Waals surface area contributed by atoms with E-state index in [0.717, 1.165) is 11.3 Å². The Balaban J connectivity index is 1.87. The minimum absolute atomic E-state index is 0.619. The molecule has 0 radical (unpaired) electrons. The molecule has 4 nitrogen and oxygen atoms in total. The van der Waals surface area contributed by atoms with Crippen molar-refractivity contribution in [1.29, 1.82) is 0 Å². The third-order valence-corrected chi connectivity index (χ3v) is 3.52. The molecule has 3 rings (SSSR count). The van der Waals surface area contributed by atoms with Gasteiger partial charge in [0.25, 0.3) is 0 Å². The van der Waals surface area contributed by atoms with Crippen molar-refractivity contribution in [2.75, 3.05) is 5.73 Å². The fraction of sp³-hybridized carbons (Fsp3) is 0.133. The maximum atomic E-state index is 6.01. The summed E-state index contributed by atoms with van der Waals surface area (Å²) in [5, 5.41) is 4.49. The van der Waals surface area contributed by atoms with Crippen LogP contribution in [0.1, 0.15) is 11.1 Å². The number of furan rings is 1. The van der Waals surface area contributed by atoms with Crippen LogP contribution < -0.4 is 5.73 Å². The van der Waals surface area contributed by atoms with E-state index < -0.39 is 0 Å². The number of nitrogen functional groups attached to an aromatic ring is 1. The summed E-state index contributed by atoms with van der Waals surface area (Å²) in [5.41, 5.74) is 9.15. The molecule has 20 heavy (non-hydrogen) atoms. The molecule has 3 aromatic rings. The van der Waals surface area contributed by atoms with Gasteiger partial charge >= 0.3 is 0 Å². The second kappa shape index (κ2) is 5.17. The number of rotatable bonds is 3. The number of halogens is 1. The Morgan fingerprint density at radius 1 is 1.20 bits per heavy atom.